The molecule has 1 aromatic rings. The van der Waals surface area contributed by atoms with E-state index in [-0.39, 0.29) is 5.69 Å². The highest BCUT2D eigenvalue weighted by Crippen LogP contribution is 2.08. The summed E-state index contributed by atoms with van der Waals surface area (Å²) in [5, 5.41) is 0.485. The number of pyridine rings is 1. The zero-order valence-electron chi connectivity index (χ0n) is 7.29. The van der Waals surface area contributed by atoms with Crippen LogP contribution in [0.15, 0.2) is 18.3 Å². The van der Waals surface area contributed by atoms with Crippen molar-refractivity contribution < 1.29 is 9.53 Å². The van der Waals surface area contributed by atoms with Crippen LogP contribution in [0.5, 0.6) is 0 Å². The van der Waals surface area contributed by atoms with Gasteiger partial charge < -0.3 is 4.74 Å². The monoisotopic (exact) mass is 199 g/mol. The Morgan fingerprint density at radius 2 is 2.46 bits per heavy atom. The Morgan fingerprint density at radius 1 is 1.69 bits per heavy atom. The predicted molar refractivity (Wildman–Crippen MR) is 49.8 cm³/mol. The minimum atomic E-state index is -0.427. The quantitative estimate of drug-likeness (QED) is 0.702. The zero-order chi connectivity index (χ0) is 9.68. The topological polar surface area (TPSA) is 39.2 Å². The highest BCUT2D eigenvalue weighted by molar-refractivity contribution is 6.30. The van der Waals surface area contributed by atoms with E-state index < -0.39 is 5.97 Å². The van der Waals surface area contributed by atoms with Gasteiger partial charge >= 0.3 is 5.97 Å². The standard InChI is InChI=1S/C9H10ClNO2/c1-2-5-13-9(12)8-6-7(10)3-4-11-8/h3-4,6H,2,5H2,1H3. The van der Waals surface area contributed by atoms with Gasteiger partial charge in [0.1, 0.15) is 5.69 Å². The number of halogens is 1. The number of hydrogen-bond acceptors (Lipinski definition) is 3. The van der Waals surface area contributed by atoms with Crippen LogP contribution in [0.25, 0.3) is 0 Å². The molecule has 70 valence electrons. The van der Waals surface area contributed by atoms with Crippen LogP contribution >= 0.6 is 11.6 Å². The summed E-state index contributed by atoms with van der Waals surface area (Å²) in [6.45, 7) is 2.34. The van der Waals surface area contributed by atoms with E-state index in [9.17, 15) is 4.79 Å². The molecule has 0 aliphatic heterocycles. The predicted octanol–water partition coefficient (Wildman–Crippen LogP) is 2.30. The molecule has 4 heteroatoms. The van der Waals surface area contributed by atoms with Gasteiger partial charge in [-0.3, -0.25) is 0 Å². The number of hydrogen-bond donors (Lipinski definition) is 0. The summed E-state index contributed by atoms with van der Waals surface area (Å²) < 4.78 is 4.87. The fourth-order valence-corrected chi connectivity index (χ4v) is 0.945. The fourth-order valence-electron chi connectivity index (χ4n) is 0.785. The molecule has 0 bridgehead atoms. The van der Waals surface area contributed by atoms with Crippen molar-refractivity contribution in [1.82, 2.24) is 4.98 Å². The summed E-state index contributed by atoms with van der Waals surface area (Å²) in [7, 11) is 0. The molecule has 0 amide bonds. The molecule has 0 atom stereocenters. The Hall–Kier alpha value is -1.09. The molecule has 0 spiro atoms. The first-order valence-electron chi connectivity index (χ1n) is 4.02. The smallest absolute Gasteiger partial charge is 0.356 e. The van der Waals surface area contributed by atoms with E-state index in [4.69, 9.17) is 16.3 Å². The maximum atomic E-state index is 11.2. The maximum Gasteiger partial charge on any atom is 0.356 e. The molecular formula is C9H10ClNO2. The van der Waals surface area contributed by atoms with Crippen LogP contribution < -0.4 is 0 Å². The third kappa shape index (κ3) is 3.03. The number of esters is 1. The first-order valence-corrected chi connectivity index (χ1v) is 4.40. The first-order chi connectivity index (χ1) is 6.24. The molecule has 13 heavy (non-hydrogen) atoms. The number of carbonyl (C=O) groups excluding carboxylic acids is 1. The molecule has 0 aromatic carbocycles. The van der Waals surface area contributed by atoms with Crippen LogP contribution in [0, 0.1) is 0 Å². The van der Waals surface area contributed by atoms with Gasteiger partial charge in [0, 0.05) is 11.2 Å². The Morgan fingerprint density at radius 3 is 3.08 bits per heavy atom. The van der Waals surface area contributed by atoms with E-state index >= 15 is 0 Å². The van der Waals surface area contributed by atoms with Gasteiger partial charge in [-0.25, -0.2) is 9.78 Å². The molecule has 1 aromatic heterocycles. The van der Waals surface area contributed by atoms with Crippen LogP contribution in [0.2, 0.25) is 5.02 Å². The van der Waals surface area contributed by atoms with Gasteiger partial charge in [0.2, 0.25) is 0 Å². The van der Waals surface area contributed by atoms with Crippen LogP contribution in [-0.4, -0.2) is 17.6 Å². The van der Waals surface area contributed by atoms with E-state index in [1.165, 1.54) is 12.3 Å². The Balaban J connectivity index is 2.66. The molecule has 0 saturated carbocycles. The minimum Gasteiger partial charge on any atom is -0.461 e. The van der Waals surface area contributed by atoms with Crippen LogP contribution in [0.3, 0.4) is 0 Å². The molecule has 0 aliphatic rings. The number of aromatic nitrogens is 1. The molecule has 1 heterocycles. The van der Waals surface area contributed by atoms with Gasteiger partial charge in [0.25, 0.3) is 0 Å². The van der Waals surface area contributed by atoms with Crippen molar-refractivity contribution in [2.45, 2.75) is 13.3 Å². The summed E-state index contributed by atoms with van der Waals surface area (Å²) in [5.41, 5.74) is 0.251. The van der Waals surface area contributed by atoms with E-state index in [0.717, 1.165) is 6.42 Å². The zero-order valence-corrected chi connectivity index (χ0v) is 8.04. The summed E-state index contributed by atoms with van der Waals surface area (Å²) in [4.78, 5) is 15.0. The number of nitrogens with zero attached hydrogens (tertiary/aromatic N) is 1. The number of ether oxygens (including phenoxy) is 1. The highest BCUT2D eigenvalue weighted by Gasteiger charge is 2.07. The van der Waals surface area contributed by atoms with E-state index in [2.05, 4.69) is 4.98 Å². The minimum absolute atomic E-state index is 0.251. The Labute approximate surface area is 81.7 Å². The van der Waals surface area contributed by atoms with E-state index in [1.807, 2.05) is 6.92 Å². The molecule has 0 unspecified atom stereocenters. The first kappa shape index (κ1) is 9.99. The van der Waals surface area contributed by atoms with Crippen molar-refractivity contribution in [3.8, 4) is 0 Å². The molecule has 0 N–H and O–H groups in total. The van der Waals surface area contributed by atoms with E-state index in [0.29, 0.717) is 11.6 Å². The molecule has 0 saturated heterocycles. The molecule has 0 fully saturated rings. The average molecular weight is 200 g/mol. The second-order valence-corrected chi connectivity index (χ2v) is 2.93. The van der Waals surface area contributed by atoms with Gasteiger partial charge in [0.05, 0.1) is 6.61 Å². The molecule has 0 radical (unpaired) electrons. The highest BCUT2D eigenvalue weighted by atomic mass is 35.5. The molecule has 0 aliphatic carbocycles. The summed E-state index contributed by atoms with van der Waals surface area (Å²) >= 11 is 5.68. The summed E-state index contributed by atoms with van der Waals surface area (Å²) in [6, 6.07) is 3.09. The number of carbonyl (C=O) groups is 1. The lowest BCUT2D eigenvalue weighted by Gasteiger charge is -2.01. The van der Waals surface area contributed by atoms with Gasteiger partial charge in [-0.15, -0.1) is 0 Å². The van der Waals surface area contributed by atoms with Crippen molar-refractivity contribution in [2.24, 2.45) is 0 Å². The summed E-state index contributed by atoms with van der Waals surface area (Å²) in [5.74, 6) is -0.427. The third-order valence-electron chi connectivity index (χ3n) is 1.37. The second kappa shape index (κ2) is 4.82. The summed E-state index contributed by atoms with van der Waals surface area (Å²) in [6.07, 6.45) is 2.27. The lowest BCUT2D eigenvalue weighted by atomic mass is 10.3. The van der Waals surface area contributed by atoms with E-state index in [1.54, 1.807) is 6.07 Å². The van der Waals surface area contributed by atoms with Crippen LogP contribution in [-0.2, 0) is 4.74 Å². The van der Waals surface area contributed by atoms with Crippen molar-refractivity contribution in [1.29, 1.82) is 0 Å². The van der Waals surface area contributed by atoms with Crippen LogP contribution in [0.1, 0.15) is 23.8 Å². The van der Waals surface area contributed by atoms with Gasteiger partial charge in [-0.05, 0) is 18.6 Å². The van der Waals surface area contributed by atoms with Crippen molar-refractivity contribution in [3.05, 3.63) is 29.0 Å². The fraction of sp³-hybridized carbons (Fsp3) is 0.333. The average Bonchev–Trinajstić information content (AvgIpc) is 2.14. The maximum absolute atomic E-state index is 11.2. The lowest BCUT2D eigenvalue weighted by molar-refractivity contribution is 0.0498. The molecular weight excluding hydrogens is 190 g/mol. The van der Waals surface area contributed by atoms with Gasteiger partial charge in [-0.1, -0.05) is 18.5 Å². The molecule has 1 rings (SSSR count). The van der Waals surface area contributed by atoms with Crippen LogP contribution in [0.4, 0.5) is 0 Å². The van der Waals surface area contributed by atoms with Gasteiger partial charge in [0.15, 0.2) is 0 Å². The Bertz CT molecular complexity index is 301. The number of rotatable bonds is 3. The van der Waals surface area contributed by atoms with Crippen molar-refractivity contribution in [3.63, 3.8) is 0 Å². The SMILES string of the molecule is CCCOC(=O)c1cc(Cl)ccn1. The van der Waals surface area contributed by atoms with Crippen molar-refractivity contribution >= 4 is 17.6 Å². The third-order valence-corrected chi connectivity index (χ3v) is 1.60. The largest absolute Gasteiger partial charge is 0.461 e. The second-order valence-electron chi connectivity index (χ2n) is 2.50. The Kier molecular flexibility index (Phi) is 3.71. The molecule has 3 nitrogen and oxygen atoms in total. The lowest BCUT2D eigenvalue weighted by Crippen LogP contribution is -2.07. The van der Waals surface area contributed by atoms with Gasteiger partial charge in [-0.2, -0.15) is 0 Å². The van der Waals surface area contributed by atoms with Crippen molar-refractivity contribution in [2.75, 3.05) is 6.61 Å². The normalized spacial score (nSPS) is 9.69.